The van der Waals surface area contributed by atoms with Crippen LogP contribution in [0.25, 0.3) is 0 Å². The first-order chi connectivity index (χ1) is 17.4. The van der Waals surface area contributed by atoms with Crippen molar-refractivity contribution in [3.8, 4) is 6.07 Å². The summed E-state index contributed by atoms with van der Waals surface area (Å²) < 4.78 is 5.65. The Labute approximate surface area is 214 Å². The Hall–Kier alpha value is -4.22. The number of allylic oxidation sites excluding steroid dienone is 2. The highest BCUT2D eigenvalue weighted by Crippen LogP contribution is 2.41. The van der Waals surface area contributed by atoms with Gasteiger partial charge in [-0.05, 0) is 62.7 Å². The van der Waals surface area contributed by atoms with Crippen LogP contribution in [0.15, 0.2) is 93.2 Å². The lowest BCUT2D eigenvalue weighted by Gasteiger charge is -2.28. The first kappa shape index (κ1) is 24.9. The van der Waals surface area contributed by atoms with Crippen LogP contribution in [0.2, 0.25) is 0 Å². The lowest BCUT2D eigenvalue weighted by Crippen LogP contribution is -2.31. The van der Waals surface area contributed by atoms with Gasteiger partial charge in [-0.1, -0.05) is 41.6 Å². The maximum Gasteiger partial charge on any atom is 0.254 e. The Bertz CT molecular complexity index is 1380. The van der Waals surface area contributed by atoms with Crippen molar-refractivity contribution in [2.45, 2.75) is 26.7 Å². The van der Waals surface area contributed by atoms with Crippen molar-refractivity contribution < 1.29 is 14.0 Å². The summed E-state index contributed by atoms with van der Waals surface area (Å²) in [6, 6.07) is 20.7. The molecule has 1 aromatic heterocycles. The summed E-state index contributed by atoms with van der Waals surface area (Å²) in [6.07, 6.45) is 1.51. The van der Waals surface area contributed by atoms with E-state index in [1.54, 1.807) is 19.1 Å². The summed E-state index contributed by atoms with van der Waals surface area (Å²) >= 11 is 1.21. The van der Waals surface area contributed by atoms with E-state index in [9.17, 15) is 14.9 Å². The highest BCUT2D eigenvalue weighted by atomic mass is 32.2. The van der Waals surface area contributed by atoms with E-state index in [1.165, 1.54) is 18.0 Å². The number of amides is 2. The van der Waals surface area contributed by atoms with E-state index < -0.39 is 5.92 Å². The number of carbonyl (C=O) groups excluding carboxylic acids is 2. The van der Waals surface area contributed by atoms with Crippen molar-refractivity contribution in [2.75, 3.05) is 16.4 Å². The topological polar surface area (TPSA) is 107 Å². The fraction of sp³-hybridized carbons (Fsp3) is 0.179. The molecule has 7 nitrogen and oxygen atoms in total. The summed E-state index contributed by atoms with van der Waals surface area (Å²) in [6.45, 7) is 5.71. The summed E-state index contributed by atoms with van der Waals surface area (Å²) in [7, 11) is 0. The molecular formula is C28H26N4O3S. The van der Waals surface area contributed by atoms with Gasteiger partial charge in [-0.25, -0.2) is 0 Å². The van der Waals surface area contributed by atoms with Crippen LogP contribution in [0.4, 0.5) is 11.4 Å². The maximum absolute atomic E-state index is 13.4. The first-order valence-corrected chi connectivity index (χ1v) is 12.4. The van der Waals surface area contributed by atoms with E-state index in [0.717, 1.165) is 11.1 Å². The Balaban J connectivity index is 1.57. The molecular weight excluding hydrogens is 472 g/mol. The van der Waals surface area contributed by atoms with Gasteiger partial charge in [0, 0.05) is 17.1 Å². The SMILES string of the molecule is CC1=C(C(=O)Nc2cccc(C)c2)[C@H](c2ccco2)C(C#N)=C(SCC(=O)Nc2ccc(C)cc2)N1. The summed E-state index contributed by atoms with van der Waals surface area (Å²) in [5.41, 5.74) is 4.77. The second kappa shape index (κ2) is 11.0. The standard InChI is InChI=1S/C28H26N4O3S/c1-17-9-11-20(12-10-17)31-24(33)16-36-28-22(15-29)26(23-8-5-13-35-23)25(19(3)30-28)27(34)32-21-7-4-6-18(2)14-21/h4-14,26,30H,16H2,1-3H3,(H,31,33)(H,32,34)/t26-/m0/s1. The molecule has 1 atom stereocenters. The van der Waals surface area contributed by atoms with Crippen molar-refractivity contribution >= 4 is 35.0 Å². The molecule has 0 unspecified atom stereocenters. The van der Waals surface area contributed by atoms with Gasteiger partial charge in [0.05, 0.1) is 40.2 Å². The van der Waals surface area contributed by atoms with Gasteiger partial charge in [0.15, 0.2) is 0 Å². The van der Waals surface area contributed by atoms with Crippen LogP contribution in [0.1, 0.15) is 29.7 Å². The van der Waals surface area contributed by atoms with Gasteiger partial charge >= 0.3 is 0 Å². The number of thioether (sulfide) groups is 1. The molecule has 2 amide bonds. The molecule has 8 heteroatoms. The van der Waals surface area contributed by atoms with Gasteiger partial charge in [-0.3, -0.25) is 9.59 Å². The predicted molar refractivity (Wildman–Crippen MR) is 142 cm³/mol. The molecule has 4 rings (SSSR count). The number of carbonyl (C=O) groups is 2. The molecule has 0 saturated heterocycles. The Morgan fingerprint density at radius 3 is 2.44 bits per heavy atom. The number of aryl methyl sites for hydroxylation is 2. The molecule has 0 fully saturated rings. The zero-order valence-corrected chi connectivity index (χ0v) is 21.0. The number of nitrogens with one attached hydrogen (secondary N) is 3. The van der Waals surface area contributed by atoms with E-state index in [0.29, 0.717) is 39.0 Å². The van der Waals surface area contributed by atoms with E-state index in [-0.39, 0.29) is 17.6 Å². The number of dihydropyridines is 1. The lowest BCUT2D eigenvalue weighted by molar-refractivity contribution is -0.114. The maximum atomic E-state index is 13.4. The molecule has 0 radical (unpaired) electrons. The highest BCUT2D eigenvalue weighted by molar-refractivity contribution is 8.03. The van der Waals surface area contributed by atoms with Crippen LogP contribution in [0.5, 0.6) is 0 Å². The van der Waals surface area contributed by atoms with Crippen molar-refractivity contribution in [1.82, 2.24) is 5.32 Å². The van der Waals surface area contributed by atoms with E-state index in [1.807, 2.05) is 62.4 Å². The minimum absolute atomic E-state index is 0.0877. The number of furan rings is 1. The number of rotatable bonds is 7. The fourth-order valence-electron chi connectivity index (χ4n) is 3.96. The quantitative estimate of drug-likeness (QED) is 0.391. The van der Waals surface area contributed by atoms with Crippen molar-refractivity contribution in [3.63, 3.8) is 0 Å². The summed E-state index contributed by atoms with van der Waals surface area (Å²) in [4.78, 5) is 26.0. The molecule has 2 aromatic carbocycles. The Kier molecular flexibility index (Phi) is 7.62. The number of benzene rings is 2. The Morgan fingerprint density at radius 1 is 1.00 bits per heavy atom. The van der Waals surface area contributed by atoms with Crippen LogP contribution in [0.3, 0.4) is 0 Å². The molecule has 3 aromatic rings. The highest BCUT2D eigenvalue weighted by Gasteiger charge is 2.36. The van der Waals surface area contributed by atoms with Gasteiger partial charge in [0.25, 0.3) is 5.91 Å². The van der Waals surface area contributed by atoms with Crippen molar-refractivity contribution in [1.29, 1.82) is 5.26 Å². The molecule has 0 saturated carbocycles. The third-order valence-electron chi connectivity index (χ3n) is 5.68. The number of nitrogens with zero attached hydrogens (tertiary/aromatic N) is 1. The van der Waals surface area contributed by atoms with Crippen LogP contribution in [0, 0.1) is 25.2 Å². The van der Waals surface area contributed by atoms with Gasteiger partial charge < -0.3 is 20.4 Å². The average molecular weight is 499 g/mol. The van der Waals surface area contributed by atoms with Crippen LogP contribution >= 0.6 is 11.8 Å². The third kappa shape index (κ3) is 5.70. The largest absolute Gasteiger partial charge is 0.468 e. The second-order valence-electron chi connectivity index (χ2n) is 8.49. The second-order valence-corrected chi connectivity index (χ2v) is 9.48. The summed E-state index contributed by atoms with van der Waals surface area (Å²) in [5.74, 6) is -0.678. The normalized spacial score (nSPS) is 15.2. The van der Waals surface area contributed by atoms with Gasteiger partial charge in [0.2, 0.25) is 5.91 Å². The zero-order valence-electron chi connectivity index (χ0n) is 20.2. The molecule has 0 aliphatic carbocycles. The minimum atomic E-state index is -0.710. The molecule has 3 N–H and O–H groups in total. The monoisotopic (exact) mass is 498 g/mol. The van der Waals surface area contributed by atoms with E-state index in [2.05, 4.69) is 22.0 Å². The smallest absolute Gasteiger partial charge is 0.254 e. The molecule has 0 spiro atoms. The van der Waals surface area contributed by atoms with Gasteiger partial charge in [-0.2, -0.15) is 5.26 Å². The molecule has 0 bridgehead atoms. The average Bonchev–Trinajstić information content (AvgIpc) is 3.38. The van der Waals surface area contributed by atoms with Gasteiger partial charge in [-0.15, -0.1) is 0 Å². The fourth-order valence-corrected chi connectivity index (χ4v) is 4.85. The summed E-state index contributed by atoms with van der Waals surface area (Å²) in [5, 5.41) is 19.6. The molecule has 182 valence electrons. The van der Waals surface area contributed by atoms with Crippen LogP contribution in [-0.2, 0) is 9.59 Å². The van der Waals surface area contributed by atoms with Crippen LogP contribution < -0.4 is 16.0 Å². The van der Waals surface area contributed by atoms with E-state index in [4.69, 9.17) is 4.42 Å². The molecule has 1 aliphatic heterocycles. The van der Waals surface area contributed by atoms with E-state index >= 15 is 0 Å². The minimum Gasteiger partial charge on any atom is -0.468 e. The first-order valence-electron chi connectivity index (χ1n) is 11.4. The molecule has 1 aliphatic rings. The van der Waals surface area contributed by atoms with Gasteiger partial charge in [0.1, 0.15) is 5.76 Å². The molecule has 36 heavy (non-hydrogen) atoms. The predicted octanol–water partition coefficient (Wildman–Crippen LogP) is 5.60. The molecule has 2 heterocycles. The Morgan fingerprint density at radius 2 is 1.78 bits per heavy atom. The number of hydrogen-bond donors (Lipinski definition) is 3. The van der Waals surface area contributed by atoms with Crippen molar-refractivity contribution in [2.24, 2.45) is 0 Å². The third-order valence-corrected chi connectivity index (χ3v) is 6.70. The lowest BCUT2D eigenvalue weighted by atomic mass is 9.85. The zero-order chi connectivity index (χ0) is 25.7. The number of hydrogen-bond acceptors (Lipinski definition) is 6. The van der Waals surface area contributed by atoms with Crippen molar-refractivity contribution in [3.05, 3.63) is 106 Å². The number of anilines is 2. The van der Waals surface area contributed by atoms with Crippen LogP contribution in [-0.4, -0.2) is 17.6 Å². The number of nitriles is 1.